The van der Waals surface area contributed by atoms with Crippen LogP contribution in [-0.4, -0.2) is 32.3 Å². The summed E-state index contributed by atoms with van der Waals surface area (Å²) >= 11 is 0. The summed E-state index contributed by atoms with van der Waals surface area (Å²) in [6.45, 7) is 4.50. The molecule has 0 fully saturated rings. The molecule has 0 saturated carbocycles. The van der Waals surface area contributed by atoms with Gasteiger partial charge in [0.05, 0.1) is 13.7 Å². The standard InChI is InChI=1S/C15H21NO3/c1-15(2,14(17)18-4)16(3)12-7-8-13-11(10-12)6-5-9-19-13/h7-8,10H,5-6,9H2,1-4H3. The lowest BCUT2D eigenvalue weighted by molar-refractivity contribution is -0.145. The van der Waals surface area contributed by atoms with E-state index in [4.69, 9.17) is 9.47 Å². The summed E-state index contributed by atoms with van der Waals surface area (Å²) in [7, 11) is 3.32. The number of fused-ring (bicyclic) bond motifs is 1. The molecule has 0 atom stereocenters. The number of aryl methyl sites for hydroxylation is 1. The van der Waals surface area contributed by atoms with Gasteiger partial charge in [0.15, 0.2) is 0 Å². The zero-order chi connectivity index (χ0) is 14.0. The highest BCUT2D eigenvalue weighted by atomic mass is 16.5. The highest BCUT2D eigenvalue weighted by molar-refractivity contribution is 5.84. The van der Waals surface area contributed by atoms with Crippen molar-refractivity contribution in [2.24, 2.45) is 0 Å². The van der Waals surface area contributed by atoms with Gasteiger partial charge in [-0.15, -0.1) is 0 Å². The lowest BCUT2D eigenvalue weighted by atomic mass is 10.0. The molecule has 1 aromatic carbocycles. The minimum absolute atomic E-state index is 0.246. The van der Waals surface area contributed by atoms with E-state index in [0.29, 0.717) is 0 Å². The Morgan fingerprint density at radius 2 is 2.16 bits per heavy atom. The third-order valence-corrected chi connectivity index (χ3v) is 3.80. The molecule has 1 aliphatic heterocycles. The smallest absolute Gasteiger partial charge is 0.331 e. The Labute approximate surface area is 114 Å². The fraction of sp³-hybridized carbons (Fsp3) is 0.533. The molecule has 0 bridgehead atoms. The molecule has 4 nitrogen and oxygen atoms in total. The molecule has 19 heavy (non-hydrogen) atoms. The van der Waals surface area contributed by atoms with E-state index in [1.165, 1.54) is 12.7 Å². The van der Waals surface area contributed by atoms with Gasteiger partial charge in [-0.2, -0.15) is 0 Å². The van der Waals surface area contributed by atoms with Crippen molar-refractivity contribution in [1.29, 1.82) is 0 Å². The summed E-state index contributed by atoms with van der Waals surface area (Å²) in [5, 5.41) is 0. The van der Waals surface area contributed by atoms with E-state index in [2.05, 4.69) is 6.07 Å². The number of nitrogens with zero attached hydrogens (tertiary/aromatic N) is 1. The third kappa shape index (κ3) is 2.53. The van der Waals surface area contributed by atoms with Crippen LogP contribution in [0.25, 0.3) is 0 Å². The van der Waals surface area contributed by atoms with Crippen LogP contribution in [0.2, 0.25) is 0 Å². The summed E-state index contributed by atoms with van der Waals surface area (Å²) in [6.07, 6.45) is 2.07. The van der Waals surface area contributed by atoms with Gasteiger partial charge in [0.25, 0.3) is 0 Å². The third-order valence-electron chi connectivity index (χ3n) is 3.80. The van der Waals surface area contributed by atoms with Gasteiger partial charge >= 0.3 is 5.97 Å². The van der Waals surface area contributed by atoms with Gasteiger partial charge in [-0.3, -0.25) is 0 Å². The van der Waals surface area contributed by atoms with Crippen LogP contribution in [0.5, 0.6) is 5.75 Å². The second-order valence-electron chi connectivity index (χ2n) is 5.35. The average molecular weight is 263 g/mol. The average Bonchev–Trinajstić information content (AvgIpc) is 2.44. The SMILES string of the molecule is COC(=O)C(C)(C)N(C)c1ccc2c(c1)CCCO2. The van der Waals surface area contributed by atoms with E-state index in [0.717, 1.165) is 30.9 Å². The van der Waals surface area contributed by atoms with Crippen LogP contribution in [0.15, 0.2) is 18.2 Å². The van der Waals surface area contributed by atoms with Crippen LogP contribution in [0.4, 0.5) is 5.69 Å². The second-order valence-corrected chi connectivity index (χ2v) is 5.35. The molecule has 104 valence electrons. The normalized spacial score (nSPS) is 14.3. The van der Waals surface area contributed by atoms with Gasteiger partial charge in [0.2, 0.25) is 0 Å². The molecule has 2 rings (SSSR count). The molecule has 0 aliphatic carbocycles. The highest BCUT2D eigenvalue weighted by Crippen LogP contribution is 2.31. The molecule has 1 aliphatic rings. The number of hydrogen-bond acceptors (Lipinski definition) is 4. The van der Waals surface area contributed by atoms with Crippen molar-refractivity contribution in [3.05, 3.63) is 23.8 Å². The number of ether oxygens (including phenoxy) is 2. The zero-order valence-electron chi connectivity index (χ0n) is 12.0. The summed E-state index contributed by atoms with van der Waals surface area (Å²) in [6, 6.07) is 6.06. The molecule has 0 amide bonds. The lowest BCUT2D eigenvalue weighted by Gasteiger charge is -2.35. The number of likely N-dealkylation sites (N-methyl/N-ethyl adjacent to an activating group) is 1. The second kappa shape index (κ2) is 5.11. The molecule has 4 heteroatoms. The zero-order valence-corrected chi connectivity index (χ0v) is 12.0. The van der Waals surface area contributed by atoms with Crippen LogP contribution in [0.3, 0.4) is 0 Å². The van der Waals surface area contributed by atoms with Gasteiger partial charge in [-0.25, -0.2) is 4.79 Å². The van der Waals surface area contributed by atoms with E-state index in [-0.39, 0.29) is 5.97 Å². The van der Waals surface area contributed by atoms with Crippen molar-refractivity contribution in [3.8, 4) is 5.75 Å². The minimum Gasteiger partial charge on any atom is -0.493 e. The number of carbonyl (C=O) groups is 1. The number of esters is 1. The van der Waals surface area contributed by atoms with Crippen LogP contribution in [0.1, 0.15) is 25.8 Å². The predicted molar refractivity (Wildman–Crippen MR) is 74.8 cm³/mol. The molecule has 1 heterocycles. The van der Waals surface area contributed by atoms with Crippen LogP contribution in [-0.2, 0) is 16.0 Å². The van der Waals surface area contributed by atoms with Gasteiger partial charge in [-0.05, 0) is 50.5 Å². The first-order valence-electron chi connectivity index (χ1n) is 6.55. The first kappa shape index (κ1) is 13.7. The van der Waals surface area contributed by atoms with E-state index in [9.17, 15) is 4.79 Å². The number of carbonyl (C=O) groups excluding carboxylic acids is 1. The Balaban J connectivity index is 2.29. The number of benzene rings is 1. The lowest BCUT2D eigenvalue weighted by Crippen LogP contribution is -2.48. The van der Waals surface area contributed by atoms with Gasteiger partial charge in [0, 0.05) is 12.7 Å². The maximum absolute atomic E-state index is 11.8. The number of methoxy groups -OCH3 is 1. The van der Waals surface area contributed by atoms with Crippen molar-refractivity contribution in [3.63, 3.8) is 0 Å². The first-order valence-corrected chi connectivity index (χ1v) is 6.55. The fourth-order valence-corrected chi connectivity index (χ4v) is 2.26. The van der Waals surface area contributed by atoms with E-state index in [1.54, 1.807) is 0 Å². The molecular weight excluding hydrogens is 242 g/mol. The van der Waals surface area contributed by atoms with Gasteiger partial charge in [0.1, 0.15) is 11.3 Å². The predicted octanol–water partition coefficient (Wildman–Crippen LogP) is 2.40. The summed E-state index contributed by atoms with van der Waals surface area (Å²) in [4.78, 5) is 13.8. The Morgan fingerprint density at radius 1 is 1.42 bits per heavy atom. The Kier molecular flexibility index (Phi) is 3.69. The quantitative estimate of drug-likeness (QED) is 0.785. The van der Waals surface area contributed by atoms with Crippen molar-refractivity contribution < 1.29 is 14.3 Å². The summed E-state index contributed by atoms with van der Waals surface area (Å²) < 4.78 is 10.5. The molecule has 1 aromatic rings. The topological polar surface area (TPSA) is 38.8 Å². The maximum atomic E-state index is 11.8. The van der Waals surface area contributed by atoms with Crippen molar-refractivity contribution in [1.82, 2.24) is 0 Å². The first-order chi connectivity index (χ1) is 8.96. The number of rotatable bonds is 3. The molecule has 0 unspecified atom stereocenters. The summed E-state index contributed by atoms with van der Waals surface area (Å²) in [5.41, 5.74) is 1.51. The minimum atomic E-state index is -0.696. The highest BCUT2D eigenvalue weighted by Gasteiger charge is 2.34. The maximum Gasteiger partial charge on any atom is 0.331 e. The van der Waals surface area contributed by atoms with Crippen LogP contribution >= 0.6 is 0 Å². The van der Waals surface area contributed by atoms with E-state index >= 15 is 0 Å². The van der Waals surface area contributed by atoms with Crippen molar-refractivity contribution in [2.75, 3.05) is 25.7 Å². The van der Waals surface area contributed by atoms with E-state index < -0.39 is 5.54 Å². The Hall–Kier alpha value is -1.71. The Morgan fingerprint density at radius 3 is 2.84 bits per heavy atom. The van der Waals surface area contributed by atoms with Crippen molar-refractivity contribution in [2.45, 2.75) is 32.2 Å². The number of hydrogen-bond donors (Lipinski definition) is 0. The fourth-order valence-electron chi connectivity index (χ4n) is 2.26. The molecule has 0 spiro atoms. The van der Waals surface area contributed by atoms with Crippen molar-refractivity contribution >= 4 is 11.7 Å². The van der Waals surface area contributed by atoms with Crippen LogP contribution < -0.4 is 9.64 Å². The Bertz CT molecular complexity index is 482. The summed E-state index contributed by atoms with van der Waals surface area (Å²) in [5.74, 6) is 0.711. The molecule has 0 radical (unpaired) electrons. The monoisotopic (exact) mass is 263 g/mol. The van der Waals surface area contributed by atoms with E-state index in [1.807, 2.05) is 37.9 Å². The van der Waals surface area contributed by atoms with Gasteiger partial charge in [-0.1, -0.05) is 0 Å². The molecule has 0 aromatic heterocycles. The number of anilines is 1. The molecular formula is C15H21NO3. The van der Waals surface area contributed by atoms with Gasteiger partial charge < -0.3 is 14.4 Å². The molecule has 0 saturated heterocycles. The molecule has 0 N–H and O–H groups in total. The largest absolute Gasteiger partial charge is 0.493 e. The van der Waals surface area contributed by atoms with Crippen LogP contribution in [0, 0.1) is 0 Å².